The Morgan fingerprint density at radius 3 is 2.71 bits per heavy atom. The van der Waals surface area contributed by atoms with Crippen molar-refractivity contribution in [1.82, 2.24) is 0 Å². The first-order chi connectivity index (χ1) is 18.3. The Hall–Kier alpha value is -4.18. The number of para-hydroxylation sites is 2. The minimum absolute atomic E-state index is 0.0105. The second-order valence-corrected chi connectivity index (χ2v) is 9.67. The summed E-state index contributed by atoms with van der Waals surface area (Å²) in [6.45, 7) is 2.04. The lowest BCUT2D eigenvalue weighted by Crippen LogP contribution is -2.22. The first kappa shape index (κ1) is 26.9. The molecule has 0 saturated carbocycles. The van der Waals surface area contributed by atoms with Crippen LogP contribution in [0.4, 0.5) is 21.9 Å². The Labute approximate surface area is 228 Å². The number of ether oxygens (including phenoxy) is 3. The van der Waals surface area contributed by atoms with Crippen LogP contribution in [0.3, 0.4) is 0 Å². The highest BCUT2D eigenvalue weighted by molar-refractivity contribution is 9.10. The third kappa shape index (κ3) is 6.98. The second-order valence-electron chi connectivity index (χ2n) is 8.76. The summed E-state index contributed by atoms with van der Waals surface area (Å²) in [6.07, 6.45) is 2.86. The molecule has 0 saturated heterocycles. The Morgan fingerprint density at radius 2 is 1.89 bits per heavy atom. The van der Waals surface area contributed by atoms with Gasteiger partial charge < -0.3 is 30.4 Å². The molecule has 0 spiro atoms. The summed E-state index contributed by atoms with van der Waals surface area (Å²) >= 11 is 3.42. The van der Waals surface area contributed by atoms with Crippen molar-refractivity contribution < 1.29 is 28.9 Å². The van der Waals surface area contributed by atoms with E-state index in [-0.39, 0.29) is 24.4 Å². The number of allylic oxidation sites excluding steroid dienone is 1. The molecule has 0 fully saturated rings. The zero-order valence-electron chi connectivity index (χ0n) is 20.6. The third-order valence-electron chi connectivity index (χ3n) is 5.94. The van der Waals surface area contributed by atoms with E-state index in [0.29, 0.717) is 47.0 Å². The van der Waals surface area contributed by atoms with Crippen LogP contribution >= 0.6 is 15.9 Å². The molecule has 9 nitrogen and oxygen atoms in total. The van der Waals surface area contributed by atoms with E-state index < -0.39 is 12.2 Å². The maximum absolute atomic E-state index is 12.8. The van der Waals surface area contributed by atoms with Crippen molar-refractivity contribution in [3.63, 3.8) is 0 Å². The van der Waals surface area contributed by atoms with Crippen molar-refractivity contribution in [2.45, 2.75) is 25.9 Å². The number of carbonyl (C=O) groups is 2. The number of phenolic OH excluding ortho intramolecular Hbond substituents is 1. The van der Waals surface area contributed by atoms with E-state index in [2.05, 4.69) is 26.6 Å². The van der Waals surface area contributed by atoms with E-state index in [4.69, 9.17) is 19.9 Å². The number of nitrogens with one attached hydrogen (secondary N) is 2. The number of nitrogen functional groups attached to an aromatic ring is 1. The van der Waals surface area contributed by atoms with Crippen molar-refractivity contribution in [2.24, 2.45) is 5.92 Å². The highest BCUT2D eigenvalue weighted by Gasteiger charge is 2.27. The first-order valence-electron chi connectivity index (χ1n) is 12.0. The largest absolute Gasteiger partial charge is 0.508 e. The van der Waals surface area contributed by atoms with Gasteiger partial charge in [-0.05, 0) is 67.3 Å². The van der Waals surface area contributed by atoms with E-state index >= 15 is 0 Å². The number of rotatable bonds is 9. The van der Waals surface area contributed by atoms with Crippen LogP contribution in [0, 0.1) is 5.92 Å². The maximum Gasteiger partial charge on any atom is 0.412 e. The van der Waals surface area contributed by atoms with Gasteiger partial charge in [0.15, 0.2) is 11.5 Å². The molecule has 0 aromatic heterocycles. The Kier molecular flexibility index (Phi) is 8.75. The molecule has 3 aromatic rings. The molecule has 0 aliphatic carbocycles. The summed E-state index contributed by atoms with van der Waals surface area (Å²) in [7, 11) is 0. The van der Waals surface area contributed by atoms with Crippen LogP contribution in [0.5, 0.6) is 17.2 Å². The Balaban J connectivity index is 1.40. The number of anilines is 3. The zero-order chi connectivity index (χ0) is 27.1. The summed E-state index contributed by atoms with van der Waals surface area (Å²) in [6, 6.07) is 17.0. The van der Waals surface area contributed by atoms with Crippen LogP contribution in [0.1, 0.15) is 31.4 Å². The monoisotopic (exact) mass is 581 g/mol. The molecule has 3 aromatic carbocycles. The van der Waals surface area contributed by atoms with E-state index in [1.807, 2.05) is 6.92 Å². The van der Waals surface area contributed by atoms with Gasteiger partial charge in [0.05, 0.1) is 11.4 Å². The van der Waals surface area contributed by atoms with Crippen molar-refractivity contribution >= 4 is 45.0 Å². The second kappa shape index (κ2) is 12.4. The molecule has 198 valence electrons. The highest BCUT2D eigenvalue weighted by Crippen LogP contribution is 2.38. The first-order valence-corrected chi connectivity index (χ1v) is 12.8. The van der Waals surface area contributed by atoms with Crippen molar-refractivity contribution in [3.05, 3.63) is 82.9 Å². The predicted molar refractivity (Wildman–Crippen MR) is 148 cm³/mol. The number of hydrogen-bond donors (Lipinski definition) is 4. The third-order valence-corrected chi connectivity index (χ3v) is 6.44. The van der Waals surface area contributed by atoms with Gasteiger partial charge in [-0.15, -0.1) is 0 Å². The molecule has 2 atom stereocenters. The molecule has 38 heavy (non-hydrogen) atoms. The molecular formula is C28H28BrN3O6. The van der Waals surface area contributed by atoms with Gasteiger partial charge in [0.1, 0.15) is 11.9 Å². The van der Waals surface area contributed by atoms with Gasteiger partial charge in [0, 0.05) is 21.8 Å². The average molecular weight is 582 g/mol. The fourth-order valence-electron chi connectivity index (χ4n) is 3.96. The standard InChI is InChI=1S/C28H28BrN3O6/c1-17(6-2-5-9-26(34)32-22-8-4-3-7-21(22)30)27(20-14-18(29)10-12-23(20)33)38-28(35)31-19-11-13-24-25(15-19)37-16-36-24/h3-5,7-15,17,27,33H,2,6,16,30H2,1H3,(H,31,35)(H,32,34)/b9-5+/t17-,27+/m0/s1. The summed E-state index contributed by atoms with van der Waals surface area (Å²) in [4.78, 5) is 25.1. The highest BCUT2D eigenvalue weighted by atomic mass is 79.9. The maximum atomic E-state index is 12.8. The van der Waals surface area contributed by atoms with Crippen molar-refractivity contribution in [2.75, 3.05) is 23.2 Å². The van der Waals surface area contributed by atoms with Gasteiger partial charge in [-0.3, -0.25) is 10.1 Å². The molecular weight excluding hydrogens is 554 g/mol. The smallest absolute Gasteiger partial charge is 0.412 e. The molecule has 1 aliphatic rings. The fraction of sp³-hybridized carbons (Fsp3) is 0.214. The SMILES string of the molecule is C[C@@H](CC/C=C/C(=O)Nc1ccccc1N)[C@@H](OC(=O)Nc1ccc2c(c1)OCO2)c1cc(Br)ccc1O. The number of phenols is 1. The van der Waals surface area contributed by atoms with Crippen LogP contribution in [-0.2, 0) is 9.53 Å². The summed E-state index contributed by atoms with van der Waals surface area (Å²) in [5.74, 6) is 0.647. The van der Waals surface area contributed by atoms with Gasteiger partial charge in [0.25, 0.3) is 0 Å². The van der Waals surface area contributed by atoms with Gasteiger partial charge in [-0.25, -0.2) is 4.79 Å². The Morgan fingerprint density at radius 1 is 1.11 bits per heavy atom. The molecule has 1 heterocycles. The Bertz CT molecular complexity index is 1350. The number of halogens is 1. The van der Waals surface area contributed by atoms with Crippen molar-refractivity contribution in [1.29, 1.82) is 0 Å². The number of benzene rings is 3. The number of carbonyl (C=O) groups excluding carboxylic acids is 2. The number of hydrogen-bond acceptors (Lipinski definition) is 7. The van der Waals surface area contributed by atoms with E-state index in [1.165, 1.54) is 12.1 Å². The van der Waals surface area contributed by atoms with Crippen LogP contribution in [0.2, 0.25) is 0 Å². The lowest BCUT2D eigenvalue weighted by molar-refractivity contribution is -0.111. The molecule has 0 unspecified atom stereocenters. The van der Waals surface area contributed by atoms with Gasteiger partial charge in [0.2, 0.25) is 12.7 Å². The lowest BCUT2D eigenvalue weighted by atomic mass is 9.92. The average Bonchev–Trinajstić information content (AvgIpc) is 3.36. The molecule has 4 rings (SSSR count). The predicted octanol–water partition coefficient (Wildman–Crippen LogP) is 6.37. The summed E-state index contributed by atoms with van der Waals surface area (Å²) < 4.78 is 17.2. The molecule has 2 amide bonds. The number of amides is 2. The van der Waals surface area contributed by atoms with Crippen molar-refractivity contribution in [3.8, 4) is 17.2 Å². The quantitative estimate of drug-likeness (QED) is 0.170. The van der Waals surface area contributed by atoms with Crippen LogP contribution in [-0.4, -0.2) is 23.9 Å². The molecule has 0 radical (unpaired) electrons. The minimum atomic E-state index is -0.757. The van der Waals surface area contributed by atoms with E-state index in [9.17, 15) is 14.7 Å². The van der Waals surface area contributed by atoms with Gasteiger partial charge in [-0.2, -0.15) is 0 Å². The van der Waals surface area contributed by atoms with Gasteiger partial charge >= 0.3 is 6.09 Å². The van der Waals surface area contributed by atoms with Crippen LogP contribution in [0.25, 0.3) is 0 Å². The number of nitrogens with two attached hydrogens (primary N) is 1. The molecule has 10 heteroatoms. The van der Waals surface area contributed by atoms with E-state index in [0.717, 1.165) is 4.47 Å². The minimum Gasteiger partial charge on any atom is -0.508 e. The molecule has 1 aliphatic heterocycles. The normalized spacial score (nSPS) is 13.6. The number of aromatic hydroxyl groups is 1. The zero-order valence-corrected chi connectivity index (χ0v) is 22.2. The summed E-state index contributed by atoms with van der Waals surface area (Å²) in [5.41, 5.74) is 7.84. The fourth-order valence-corrected chi connectivity index (χ4v) is 4.34. The van der Waals surface area contributed by atoms with E-state index in [1.54, 1.807) is 60.7 Å². The van der Waals surface area contributed by atoms with Crippen LogP contribution < -0.4 is 25.8 Å². The van der Waals surface area contributed by atoms with Crippen LogP contribution in [0.15, 0.2) is 77.3 Å². The van der Waals surface area contributed by atoms with Gasteiger partial charge in [-0.1, -0.05) is 41.1 Å². The molecule has 0 bridgehead atoms. The lowest BCUT2D eigenvalue weighted by Gasteiger charge is -2.25. The molecule has 5 N–H and O–H groups in total. The summed E-state index contributed by atoms with van der Waals surface area (Å²) in [5, 5.41) is 16.0. The number of fused-ring (bicyclic) bond motifs is 1. The topological polar surface area (TPSA) is 132 Å².